The van der Waals surface area contributed by atoms with E-state index in [0.717, 1.165) is 0 Å². The summed E-state index contributed by atoms with van der Waals surface area (Å²) in [6, 6.07) is 12.0. The molecule has 3 rings (SSSR count). The maximum Gasteiger partial charge on any atom is 0.259 e. The SMILES string of the molecule is COc1cc(/C=C(/C#N)c2nc3ccccc3c(=O)[nH]2)cc(OC)c1O. The van der Waals surface area contributed by atoms with Crippen LogP contribution in [0.3, 0.4) is 0 Å². The molecule has 7 heteroatoms. The molecule has 0 atom stereocenters. The number of aromatic amines is 1. The normalized spacial score (nSPS) is 11.2. The zero-order chi connectivity index (χ0) is 18.7. The lowest BCUT2D eigenvalue weighted by Gasteiger charge is -2.09. The molecule has 0 unspecified atom stereocenters. The Hall–Kier alpha value is -3.79. The second-order valence-electron chi connectivity index (χ2n) is 5.38. The fourth-order valence-electron chi connectivity index (χ4n) is 2.53. The molecule has 0 aliphatic carbocycles. The molecule has 2 aromatic carbocycles. The highest BCUT2D eigenvalue weighted by Gasteiger charge is 2.12. The van der Waals surface area contributed by atoms with Crippen molar-refractivity contribution in [1.29, 1.82) is 5.26 Å². The van der Waals surface area contributed by atoms with E-state index >= 15 is 0 Å². The summed E-state index contributed by atoms with van der Waals surface area (Å²) in [4.78, 5) is 19.2. The van der Waals surface area contributed by atoms with Gasteiger partial charge >= 0.3 is 0 Å². The van der Waals surface area contributed by atoms with Crippen LogP contribution < -0.4 is 15.0 Å². The van der Waals surface area contributed by atoms with Crippen molar-refractivity contribution in [3.05, 3.63) is 58.1 Å². The summed E-state index contributed by atoms with van der Waals surface area (Å²) in [7, 11) is 2.82. The quantitative estimate of drug-likeness (QED) is 0.701. The number of methoxy groups -OCH3 is 2. The maximum atomic E-state index is 12.2. The average molecular weight is 349 g/mol. The number of hydrogen-bond acceptors (Lipinski definition) is 6. The number of nitrogens with one attached hydrogen (secondary N) is 1. The Morgan fingerprint density at radius 2 is 1.88 bits per heavy atom. The molecule has 0 spiro atoms. The first-order valence-electron chi connectivity index (χ1n) is 7.63. The van der Waals surface area contributed by atoms with Crippen molar-refractivity contribution in [2.24, 2.45) is 0 Å². The van der Waals surface area contributed by atoms with Gasteiger partial charge in [0.15, 0.2) is 17.3 Å². The molecule has 0 fully saturated rings. The number of rotatable bonds is 4. The molecule has 0 bridgehead atoms. The molecule has 7 nitrogen and oxygen atoms in total. The van der Waals surface area contributed by atoms with E-state index < -0.39 is 0 Å². The van der Waals surface area contributed by atoms with E-state index in [9.17, 15) is 15.2 Å². The lowest BCUT2D eigenvalue weighted by molar-refractivity contribution is 0.340. The molecule has 0 amide bonds. The van der Waals surface area contributed by atoms with Gasteiger partial charge in [0.2, 0.25) is 5.75 Å². The number of nitriles is 1. The molecule has 0 aliphatic heterocycles. The van der Waals surface area contributed by atoms with E-state index in [1.165, 1.54) is 20.3 Å². The first-order chi connectivity index (χ1) is 12.6. The number of para-hydroxylation sites is 1. The standard InChI is InChI=1S/C19H15N3O4/c1-25-15-8-11(9-16(26-2)17(15)23)7-12(10-20)18-21-14-6-4-3-5-13(14)19(24)22-18/h3-9,23H,1-2H3,(H,21,22,24)/b12-7-. The Balaban J connectivity index is 2.16. The third-order valence-corrected chi connectivity index (χ3v) is 3.80. The fraction of sp³-hybridized carbons (Fsp3) is 0.105. The number of aromatic nitrogens is 2. The molecule has 0 aliphatic rings. The number of aromatic hydroxyl groups is 1. The van der Waals surface area contributed by atoms with Crippen LogP contribution in [0.4, 0.5) is 0 Å². The highest BCUT2D eigenvalue weighted by molar-refractivity contribution is 5.89. The Kier molecular flexibility index (Phi) is 4.58. The van der Waals surface area contributed by atoms with Crippen LogP contribution in [0, 0.1) is 11.3 Å². The molecule has 0 saturated carbocycles. The van der Waals surface area contributed by atoms with Crippen molar-refractivity contribution >= 4 is 22.6 Å². The fourth-order valence-corrected chi connectivity index (χ4v) is 2.53. The van der Waals surface area contributed by atoms with Gasteiger partial charge in [-0.25, -0.2) is 4.98 Å². The smallest absolute Gasteiger partial charge is 0.259 e. The predicted octanol–water partition coefficient (Wildman–Crippen LogP) is 2.71. The molecule has 0 radical (unpaired) electrons. The number of allylic oxidation sites excluding steroid dienone is 1. The zero-order valence-electron chi connectivity index (χ0n) is 14.1. The number of H-pyrrole nitrogens is 1. The molecule has 130 valence electrons. The average Bonchev–Trinajstić information content (AvgIpc) is 2.67. The number of benzene rings is 2. The van der Waals surface area contributed by atoms with Gasteiger partial charge in [-0.05, 0) is 35.9 Å². The first kappa shape index (κ1) is 17.0. The van der Waals surface area contributed by atoms with Gasteiger partial charge in [0, 0.05) is 0 Å². The molecule has 0 saturated heterocycles. The van der Waals surface area contributed by atoms with Gasteiger partial charge in [0.25, 0.3) is 5.56 Å². The third kappa shape index (κ3) is 3.08. The van der Waals surface area contributed by atoms with E-state index in [4.69, 9.17) is 9.47 Å². The summed E-state index contributed by atoms with van der Waals surface area (Å²) in [5, 5.41) is 19.9. The lowest BCUT2D eigenvalue weighted by Crippen LogP contribution is -2.11. The Morgan fingerprint density at radius 3 is 2.50 bits per heavy atom. The molecule has 2 N–H and O–H groups in total. The van der Waals surface area contributed by atoms with E-state index in [2.05, 4.69) is 9.97 Å². The third-order valence-electron chi connectivity index (χ3n) is 3.80. The van der Waals surface area contributed by atoms with Gasteiger partial charge in [-0.15, -0.1) is 0 Å². The van der Waals surface area contributed by atoms with Crippen LogP contribution in [0.25, 0.3) is 22.6 Å². The van der Waals surface area contributed by atoms with Crippen LogP contribution in [0.15, 0.2) is 41.2 Å². The summed E-state index contributed by atoms with van der Waals surface area (Å²) < 4.78 is 10.2. The maximum absolute atomic E-state index is 12.2. The van der Waals surface area contributed by atoms with E-state index in [1.54, 1.807) is 36.4 Å². The Labute approximate surface area is 148 Å². The van der Waals surface area contributed by atoms with Gasteiger partial charge in [-0.1, -0.05) is 12.1 Å². The molecule has 1 heterocycles. The number of phenols is 1. The molecule has 26 heavy (non-hydrogen) atoms. The number of fused-ring (bicyclic) bond motifs is 1. The van der Waals surface area contributed by atoms with Crippen LogP contribution in [0.2, 0.25) is 0 Å². The van der Waals surface area contributed by atoms with Gasteiger partial charge in [-0.2, -0.15) is 5.26 Å². The summed E-state index contributed by atoms with van der Waals surface area (Å²) in [5.74, 6) is 0.422. The van der Waals surface area contributed by atoms with Gasteiger partial charge in [-0.3, -0.25) is 4.79 Å². The Morgan fingerprint density at radius 1 is 1.23 bits per heavy atom. The predicted molar refractivity (Wildman–Crippen MR) is 97.1 cm³/mol. The highest BCUT2D eigenvalue weighted by Crippen LogP contribution is 2.37. The van der Waals surface area contributed by atoms with E-state index in [-0.39, 0.29) is 34.2 Å². The van der Waals surface area contributed by atoms with Crippen LogP contribution in [0.1, 0.15) is 11.4 Å². The van der Waals surface area contributed by atoms with Crippen LogP contribution in [0.5, 0.6) is 17.2 Å². The summed E-state index contributed by atoms with van der Waals surface area (Å²) in [6.45, 7) is 0. The van der Waals surface area contributed by atoms with Crippen molar-refractivity contribution in [3.63, 3.8) is 0 Å². The summed E-state index contributed by atoms with van der Waals surface area (Å²) in [5.41, 5.74) is 0.868. The second-order valence-corrected chi connectivity index (χ2v) is 5.38. The van der Waals surface area contributed by atoms with Crippen molar-refractivity contribution in [1.82, 2.24) is 9.97 Å². The lowest BCUT2D eigenvalue weighted by atomic mass is 10.1. The van der Waals surface area contributed by atoms with Crippen molar-refractivity contribution in [2.75, 3.05) is 14.2 Å². The molecule has 3 aromatic rings. The van der Waals surface area contributed by atoms with Gasteiger partial charge < -0.3 is 19.6 Å². The topological polar surface area (TPSA) is 108 Å². The first-order valence-corrected chi connectivity index (χ1v) is 7.63. The van der Waals surface area contributed by atoms with Crippen LogP contribution in [-0.4, -0.2) is 29.3 Å². The minimum atomic E-state index is -0.326. The van der Waals surface area contributed by atoms with Gasteiger partial charge in [0.05, 0.1) is 30.7 Å². The van der Waals surface area contributed by atoms with Crippen molar-refractivity contribution in [2.45, 2.75) is 0 Å². The number of hydrogen-bond donors (Lipinski definition) is 2. The zero-order valence-corrected chi connectivity index (χ0v) is 14.1. The van der Waals surface area contributed by atoms with E-state index in [1.807, 2.05) is 6.07 Å². The van der Waals surface area contributed by atoms with Crippen molar-refractivity contribution in [3.8, 4) is 23.3 Å². The minimum absolute atomic E-state index is 0.136. The summed E-state index contributed by atoms with van der Waals surface area (Å²) in [6.07, 6.45) is 1.53. The molecular formula is C19H15N3O4. The Bertz CT molecular complexity index is 1080. The van der Waals surface area contributed by atoms with Crippen LogP contribution >= 0.6 is 0 Å². The molecular weight excluding hydrogens is 334 g/mol. The van der Waals surface area contributed by atoms with Crippen molar-refractivity contribution < 1.29 is 14.6 Å². The number of phenolic OH excluding ortho intramolecular Hbond substituents is 1. The summed E-state index contributed by atoms with van der Waals surface area (Å²) >= 11 is 0. The minimum Gasteiger partial charge on any atom is -0.502 e. The van der Waals surface area contributed by atoms with Gasteiger partial charge in [0.1, 0.15) is 6.07 Å². The number of nitrogens with zero attached hydrogens (tertiary/aromatic N) is 2. The number of ether oxygens (including phenoxy) is 2. The molecule has 1 aromatic heterocycles. The second kappa shape index (κ2) is 6.99. The van der Waals surface area contributed by atoms with Crippen LogP contribution in [-0.2, 0) is 0 Å². The van der Waals surface area contributed by atoms with E-state index in [0.29, 0.717) is 16.5 Å². The largest absolute Gasteiger partial charge is 0.502 e. The monoisotopic (exact) mass is 349 g/mol. The highest BCUT2D eigenvalue weighted by atomic mass is 16.5.